The molecule has 0 spiro atoms. The highest BCUT2D eigenvalue weighted by atomic mass is 32.2. The first kappa shape index (κ1) is 8.55. The minimum atomic E-state index is -3.43. The molecule has 2 aliphatic rings. The van der Waals surface area contributed by atoms with Crippen LogP contribution in [0.2, 0.25) is 0 Å². The van der Waals surface area contributed by atoms with Gasteiger partial charge in [-0.25, -0.2) is 13.4 Å². The van der Waals surface area contributed by atoms with E-state index in [1.807, 2.05) is 0 Å². The van der Waals surface area contributed by atoms with Gasteiger partial charge in [-0.05, 0) is 12.8 Å². The lowest BCUT2D eigenvalue weighted by Gasteiger charge is -2.15. The third-order valence-corrected chi connectivity index (χ3v) is 3.80. The van der Waals surface area contributed by atoms with Crippen molar-refractivity contribution in [2.45, 2.75) is 12.8 Å². The fourth-order valence-corrected chi connectivity index (χ4v) is 2.64. The van der Waals surface area contributed by atoms with Gasteiger partial charge in [-0.3, -0.25) is 0 Å². The predicted octanol–water partition coefficient (Wildman–Crippen LogP) is -0.376. The molecule has 2 N–H and O–H groups in total. The zero-order valence-electron chi connectivity index (χ0n) is 7.10. The average molecular weight is 201 g/mol. The zero-order chi connectivity index (χ0) is 9.47. The van der Waals surface area contributed by atoms with Gasteiger partial charge < -0.3 is 10.6 Å². The van der Waals surface area contributed by atoms with Gasteiger partial charge in [0.1, 0.15) is 0 Å². The summed E-state index contributed by atoms with van der Waals surface area (Å²) in [7, 11) is -3.43. The molecule has 6 heteroatoms. The molecule has 72 valence electrons. The molecule has 0 unspecified atom stereocenters. The summed E-state index contributed by atoms with van der Waals surface area (Å²) in [6, 6.07) is 0. The van der Waals surface area contributed by atoms with E-state index in [4.69, 9.17) is 5.73 Å². The Morgan fingerprint density at radius 3 is 2.46 bits per heavy atom. The van der Waals surface area contributed by atoms with Crippen molar-refractivity contribution < 1.29 is 8.42 Å². The van der Waals surface area contributed by atoms with Crippen molar-refractivity contribution in [3.05, 3.63) is 11.2 Å². The van der Waals surface area contributed by atoms with E-state index in [-0.39, 0.29) is 10.2 Å². The molecule has 0 bridgehead atoms. The first-order valence-corrected chi connectivity index (χ1v) is 5.64. The zero-order valence-corrected chi connectivity index (χ0v) is 7.92. The van der Waals surface area contributed by atoms with Gasteiger partial charge in [0.2, 0.25) is 5.17 Å². The van der Waals surface area contributed by atoms with Gasteiger partial charge in [0.05, 0.1) is 6.20 Å². The normalized spacial score (nSPS) is 26.0. The van der Waals surface area contributed by atoms with E-state index in [2.05, 4.69) is 4.99 Å². The van der Waals surface area contributed by atoms with E-state index >= 15 is 0 Å². The van der Waals surface area contributed by atoms with Crippen molar-refractivity contribution in [2.75, 3.05) is 13.1 Å². The lowest BCUT2D eigenvalue weighted by molar-refractivity contribution is 0.522. The molecule has 1 saturated heterocycles. The van der Waals surface area contributed by atoms with E-state index < -0.39 is 9.84 Å². The van der Waals surface area contributed by atoms with Crippen LogP contribution in [0.5, 0.6) is 0 Å². The highest BCUT2D eigenvalue weighted by molar-refractivity contribution is 8.09. The number of rotatable bonds is 0. The summed E-state index contributed by atoms with van der Waals surface area (Å²) in [5.41, 5.74) is 5.30. The average Bonchev–Trinajstić information content (AvgIpc) is 2.62. The highest BCUT2D eigenvalue weighted by Crippen LogP contribution is 2.19. The van der Waals surface area contributed by atoms with E-state index in [1.54, 1.807) is 4.90 Å². The van der Waals surface area contributed by atoms with Crippen LogP contribution >= 0.6 is 0 Å². The van der Waals surface area contributed by atoms with Gasteiger partial charge in [0, 0.05) is 13.1 Å². The predicted molar refractivity (Wildman–Crippen MR) is 49.4 cm³/mol. The second-order valence-corrected chi connectivity index (χ2v) is 4.98. The van der Waals surface area contributed by atoms with Gasteiger partial charge in [-0.2, -0.15) is 0 Å². The molecule has 5 nitrogen and oxygen atoms in total. The molecule has 0 radical (unpaired) electrons. The lowest BCUT2D eigenvalue weighted by Crippen LogP contribution is -2.34. The molecule has 2 aliphatic heterocycles. The minimum absolute atomic E-state index is 0.127. The Morgan fingerprint density at radius 2 is 2.00 bits per heavy atom. The molecule has 2 heterocycles. The molecule has 0 saturated carbocycles. The van der Waals surface area contributed by atoms with E-state index in [0.29, 0.717) is 0 Å². The molecule has 0 atom stereocenters. The van der Waals surface area contributed by atoms with Crippen LogP contribution in [0.1, 0.15) is 12.8 Å². The maximum atomic E-state index is 11.5. The third-order valence-electron chi connectivity index (χ3n) is 2.23. The number of amidine groups is 1. The monoisotopic (exact) mass is 201 g/mol. The fraction of sp³-hybridized carbons (Fsp3) is 0.571. The van der Waals surface area contributed by atoms with Crippen LogP contribution in [-0.4, -0.2) is 31.6 Å². The summed E-state index contributed by atoms with van der Waals surface area (Å²) in [5.74, 6) is 0. The van der Waals surface area contributed by atoms with Crippen molar-refractivity contribution in [3.8, 4) is 0 Å². The lowest BCUT2D eigenvalue weighted by atomic mass is 10.4. The Kier molecular flexibility index (Phi) is 1.80. The van der Waals surface area contributed by atoms with Gasteiger partial charge in [0.25, 0.3) is 9.84 Å². The molecular formula is C7H11N3O2S. The number of hydrogen-bond acceptors (Lipinski definition) is 5. The summed E-state index contributed by atoms with van der Waals surface area (Å²) in [5, 5.41) is -0.0168. The Hall–Kier alpha value is -1.04. The summed E-state index contributed by atoms with van der Waals surface area (Å²) in [6.07, 6.45) is 3.26. The molecule has 0 aromatic heterocycles. The maximum Gasteiger partial charge on any atom is 0.255 e. The molecule has 0 aromatic carbocycles. The largest absolute Gasteiger partial charge is 0.388 e. The topological polar surface area (TPSA) is 75.8 Å². The Balaban J connectivity index is 2.29. The number of nitrogens with zero attached hydrogens (tertiary/aromatic N) is 2. The van der Waals surface area contributed by atoms with Crippen LogP contribution in [0.3, 0.4) is 0 Å². The molecule has 1 fully saturated rings. The van der Waals surface area contributed by atoms with Crippen LogP contribution in [0.15, 0.2) is 16.2 Å². The first-order valence-electron chi connectivity index (χ1n) is 4.16. The standard InChI is InChI=1S/C7H11N3O2S/c8-6-5-9-7(13(6,11)12)10-3-1-2-4-10/h5H,1-4,8H2. The number of sulfone groups is 1. The number of hydrogen-bond donors (Lipinski definition) is 1. The van der Waals surface area contributed by atoms with Gasteiger partial charge in [0.15, 0.2) is 5.03 Å². The number of nitrogens with two attached hydrogens (primary N) is 1. The fourth-order valence-electron chi connectivity index (χ4n) is 1.52. The molecule has 0 amide bonds. The van der Waals surface area contributed by atoms with Crippen molar-refractivity contribution in [2.24, 2.45) is 10.7 Å². The highest BCUT2D eigenvalue weighted by Gasteiger charge is 2.33. The first-order chi connectivity index (χ1) is 6.12. The SMILES string of the molecule is NC1=CN=C(N2CCCC2)S1(=O)=O. The third kappa shape index (κ3) is 1.21. The molecule has 0 aromatic rings. The number of likely N-dealkylation sites (tertiary alicyclic amines) is 1. The minimum Gasteiger partial charge on any atom is -0.388 e. The van der Waals surface area contributed by atoms with Crippen LogP contribution in [0.25, 0.3) is 0 Å². The van der Waals surface area contributed by atoms with Gasteiger partial charge in [-0.1, -0.05) is 0 Å². The van der Waals surface area contributed by atoms with E-state index in [9.17, 15) is 8.42 Å². The summed E-state index contributed by atoms with van der Waals surface area (Å²) >= 11 is 0. The summed E-state index contributed by atoms with van der Waals surface area (Å²) < 4.78 is 23.0. The van der Waals surface area contributed by atoms with Crippen molar-refractivity contribution in [1.29, 1.82) is 0 Å². The quantitative estimate of drug-likeness (QED) is 0.580. The van der Waals surface area contributed by atoms with Crippen LogP contribution < -0.4 is 5.73 Å². The van der Waals surface area contributed by atoms with Crippen LogP contribution in [-0.2, 0) is 9.84 Å². The second-order valence-electron chi connectivity index (χ2n) is 3.14. The molecule has 0 aliphatic carbocycles. The van der Waals surface area contributed by atoms with E-state index in [1.165, 1.54) is 6.20 Å². The molecule has 2 rings (SSSR count). The molecule has 13 heavy (non-hydrogen) atoms. The van der Waals surface area contributed by atoms with Crippen LogP contribution in [0, 0.1) is 0 Å². The van der Waals surface area contributed by atoms with Gasteiger partial charge >= 0.3 is 0 Å². The van der Waals surface area contributed by atoms with Crippen molar-refractivity contribution in [1.82, 2.24) is 4.90 Å². The van der Waals surface area contributed by atoms with E-state index in [0.717, 1.165) is 25.9 Å². The maximum absolute atomic E-state index is 11.5. The summed E-state index contributed by atoms with van der Waals surface area (Å²) in [4.78, 5) is 5.59. The summed E-state index contributed by atoms with van der Waals surface area (Å²) in [6.45, 7) is 1.53. The Bertz CT molecular complexity index is 377. The Labute approximate surface area is 76.8 Å². The van der Waals surface area contributed by atoms with Crippen molar-refractivity contribution >= 4 is 15.0 Å². The van der Waals surface area contributed by atoms with Crippen LogP contribution in [0.4, 0.5) is 0 Å². The Morgan fingerprint density at radius 1 is 1.38 bits per heavy atom. The molecular weight excluding hydrogens is 190 g/mol. The van der Waals surface area contributed by atoms with Crippen molar-refractivity contribution in [3.63, 3.8) is 0 Å². The van der Waals surface area contributed by atoms with Gasteiger partial charge in [-0.15, -0.1) is 0 Å². The second kappa shape index (κ2) is 2.73. The number of aliphatic imine (C=N–C) groups is 1. The smallest absolute Gasteiger partial charge is 0.255 e.